The van der Waals surface area contributed by atoms with Gasteiger partial charge in [0.2, 0.25) is 5.91 Å². The van der Waals surface area contributed by atoms with Crippen LogP contribution >= 0.6 is 11.6 Å². The normalized spacial score (nSPS) is 12.4. The average molecular weight is 454 g/mol. The molecule has 32 heavy (non-hydrogen) atoms. The van der Waals surface area contributed by atoms with E-state index in [2.05, 4.69) is 31.2 Å². The summed E-state index contributed by atoms with van der Waals surface area (Å²) in [6.45, 7) is 4.08. The van der Waals surface area contributed by atoms with E-state index in [1.807, 2.05) is 29.2 Å². The number of fused-ring (bicyclic) bond motifs is 2. The highest BCUT2D eigenvalue weighted by molar-refractivity contribution is 6.41. The van der Waals surface area contributed by atoms with Crippen molar-refractivity contribution >= 4 is 39.1 Å². The van der Waals surface area contributed by atoms with E-state index >= 15 is 0 Å². The van der Waals surface area contributed by atoms with Crippen LogP contribution in [0.1, 0.15) is 57.4 Å². The third-order valence-electron chi connectivity index (χ3n) is 6.21. The first-order valence-corrected chi connectivity index (χ1v) is 12.3. The third-order valence-corrected chi connectivity index (χ3v) is 6.61. The molecular weight excluding hydrogens is 418 g/mol. The van der Waals surface area contributed by atoms with Crippen LogP contribution in [0.4, 0.5) is 0 Å². The summed E-state index contributed by atoms with van der Waals surface area (Å²) in [5, 5.41) is 5.00. The summed E-state index contributed by atoms with van der Waals surface area (Å²) in [5.74, 6) is 0.0293. The summed E-state index contributed by atoms with van der Waals surface area (Å²) < 4.78 is 0. The number of amides is 1. The van der Waals surface area contributed by atoms with Gasteiger partial charge in [-0.3, -0.25) is 4.79 Å². The van der Waals surface area contributed by atoms with Gasteiger partial charge in [0.15, 0.2) is 0 Å². The fraction of sp³-hybridized carbons (Fsp3) is 0.444. The van der Waals surface area contributed by atoms with Crippen LogP contribution < -0.4 is 11.5 Å². The zero-order chi connectivity index (χ0) is 22.9. The topological polar surface area (TPSA) is 72.3 Å². The van der Waals surface area contributed by atoms with Crippen molar-refractivity contribution in [2.45, 2.75) is 64.5 Å². The number of unbranched alkanes of at least 4 members (excludes halogenated alkanes) is 4. The maximum Gasteiger partial charge on any atom is 0.239 e. The lowest BCUT2D eigenvalue weighted by atomic mass is 9.95. The Balaban J connectivity index is 1.97. The Bertz CT molecular complexity index is 979. The lowest BCUT2D eigenvalue weighted by molar-refractivity contribution is -0.133. The van der Waals surface area contributed by atoms with E-state index in [4.69, 9.17) is 23.1 Å². The number of hydrogen-bond acceptors (Lipinski definition) is 3. The monoisotopic (exact) mass is 453 g/mol. The Morgan fingerprint density at radius 2 is 1.50 bits per heavy atom. The van der Waals surface area contributed by atoms with Gasteiger partial charge in [-0.1, -0.05) is 92.7 Å². The molecule has 0 aliphatic heterocycles. The van der Waals surface area contributed by atoms with Crippen LogP contribution in [0, 0.1) is 0 Å². The van der Waals surface area contributed by atoms with Gasteiger partial charge in [0.1, 0.15) is 0 Å². The number of rotatable bonds is 12. The van der Waals surface area contributed by atoms with E-state index in [0.717, 1.165) is 57.8 Å². The molecule has 3 rings (SSSR count). The van der Waals surface area contributed by atoms with Crippen LogP contribution in [0.15, 0.2) is 48.5 Å². The van der Waals surface area contributed by atoms with Gasteiger partial charge in [-0.15, -0.1) is 0 Å². The standard InChI is InChI=1S/C27H36ClN3O/c1-2-3-4-11-18-31(27(32)25(30)16-9-10-17-29)19-24-20-12-5-7-14-22(20)26(28)23-15-8-6-13-21(23)24/h5-8,12-15,25H,2-4,9-11,16-19,29-30H2,1H3/t25-/m0/s1. The lowest BCUT2D eigenvalue weighted by Gasteiger charge is -2.27. The molecule has 0 aliphatic rings. The largest absolute Gasteiger partial charge is 0.337 e. The molecule has 0 saturated carbocycles. The Morgan fingerprint density at radius 1 is 0.906 bits per heavy atom. The fourth-order valence-corrected chi connectivity index (χ4v) is 4.72. The molecule has 1 atom stereocenters. The number of carbonyl (C=O) groups excluding carboxylic acids is 1. The molecule has 0 bridgehead atoms. The van der Waals surface area contributed by atoms with E-state index in [-0.39, 0.29) is 5.91 Å². The van der Waals surface area contributed by atoms with E-state index in [9.17, 15) is 4.79 Å². The molecule has 0 saturated heterocycles. The van der Waals surface area contributed by atoms with Crippen LogP contribution in [-0.2, 0) is 11.3 Å². The van der Waals surface area contributed by atoms with E-state index in [1.54, 1.807) is 0 Å². The summed E-state index contributed by atoms with van der Waals surface area (Å²) in [6.07, 6.45) is 6.88. The molecule has 0 heterocycles. The second-order valence-electron chi connectivity index (χ2n) is 8.60. The number of carbonyl (C=O) groups is 1. The minimum Gasteiger partial charge on any atom is -0.337 e. The lowest BCUT2D eigenvalue weighted by Crippen LogP contribution is -2.44. The van der Waals surface area contributed by atoms with E-state index < -0.39 is 6.04 Å². The van der Waals surface area contributed by atoms with E-state index in [0.29, 0.717) is 26.1 Å². The van der Waals surface area contributed by atoms with Crippen molar-refractivity contribution < 1.29 is 4.79 Å². The summed E-state index contributed by atoms with van der Waals surface area (Å²) >= 11 is 6.77. The Hall–Kier alpha value is -2.14. The highest BCUT2D eigenvalue weighted by atomic mass is 35.5. The van der Waals surface area contributed by atoms with Crippen LogP contribution in [0.3, 0.4) is 0 Å². The third kappa shape index (κ3) is 5.80. The van der Waals surface area contributed by atoms with Crippen LogP contribution in [-0.4, -0.2) is 29.9 Å². The summed E-state index contributed by atoms with van der Waals surface area (Å²) in [4.78, 5) is 15.4. The minimum atomic E-state index is -0.488. The number of nitrogens with zero attached hydrogens (tertiary/aromatic N) is 1. The minimum absolute atomic E-state index is 0.0293. The first kappa shape index (κ1) is 24.5. The van der Waals surface area contributed by atoms with Gasteiger partial charge >= 0.3 is 0 Å². The van der Waals surface area contributed by atoms with Gasteiger partial charge in [-0.25, -0.2) is 0 Å². The van der Waals surface area contributed by atoms with E-state index in [1.165, 1.54) is 12.8 Å². The molecule has 0 radical (unpaired) electrons. The maximum atomic E-state index is 13.4. The second kappa shape index (κ2) is 12.2. The molecule has 0 aromatic heterocycles. The molecular formula is C27H36ClN3O. The zero-order valence-corrected chi connectivity index (χ0v) is 19.9. The van der Waals surface area contributed by atoms with Gasteiger partial charge < -0.3 is 16.4 Å². The van der Waals surface area contributed by atoms with Crippen molar-refractivity contribution in [3.05, 3.63) is 59.1 Å². The van der Waals surface area contributed by atoms with Crippen molar-refractivity contribution in [1.29, 1.82) is 0 Å². The molecule has 3 aromatic carbocycles. The highest BCUT2D eigenvalue weighted by Crippen LogP contribution is 2.36. The number of nitrogens with two attached hydrogens (primary N) is 2. The van der Waals surface area contributed by atoms with Crippen molar-refractivity contribution in [2.24, 2.45) is 11.5 Å². The van der Waals surface area contributed by atoms with Gasteiger partial charge in [-0.2, -0.15) is 0 Å². The Morgan fingerprint density at radius 3 is 2.06 bits per heavy atom. The van der Waals surface area contributed by atoms with Crippen molar-refractivity contribution in [3.63, 3.8) is 0 Å². The van der Waals surface area contributed by atoms with Gasteiger partial charge in [0.05, 0.1) is 11.1 Å². The van der Waals surface area contributed by atoms with Crippen LogP contribution in [0.5, 0.6) is 0 Å². The predicted molar refractivity (Wildman–Crippen MR) is 137 cm³/mol. The molecule has 4 nitrogen and oxygen atoms in total. The molecule has 4 N–H and O–H groups in total. The highest BCUT2D eigenvalue weighted by Gasteiger charge is 2.23. The van der Waals surface area contributed by atoms with Crippen LogP contribution in [0.2, 0.25) is 5.02 Å². The SMILES string of the molecule is CCCCCCN(Cc1c2ccccc2c(Cl)c2ccccc12)C(=O)[C@@H](N)CCCCN. The number of hydrogen-bond donors (Lipinski definition) is 2. The smallest absolute Gasteiger partial charge is 0.239 e. The molecule has 0 unspecified atom stereocenters. The summed E-state index contributed by atoms with van der Waals surface area (Å²) in [7, 11) is 0. The second-order valence-corrected chi connectivity index (χ2v) is 8.97. The summed E-state index contributed by atoms with van der Waals surface area (Å²) in [5.41, 5.74) is 13.1. The Labute approximate surface area is 196 Å². The molecule has 3 aromatic rings. The quantitative estimate of drug-likeness (QED) is 0.260. The molecule has 5 heteroatoms. The summed E-state index contributed by atoms with van der Waals surface area (Å²) in [6, 6.07) is 15.9. The zero-order valence-electron chi connectivity index (χ0n) is 19.2. The molecule has 1 amide bonds. The van der Waals surface area contributed by atoms with Gasteiger partial charge in [0.25, 0.3) is 0 Å². The molecule has 0 fully saturated rings. The number of halogens is 1. The first-order chi connectivity index (χ1) is 15.6. The Kier molecular flexibility index (Phi) is 9.34. The van der Waals surface area contributed by atoms with Crippen molar-refractivity contribution in [2.75, 3.05) is 13.1 Å². The predicted octanol–water partition coefficient (Wildman–Crippen LogP) is 6.01. The van der Waals surface area contributed by atoms with Crippen LogP contribution in [0.25, 0.3) is 21.5 Å². The van der Waals surface area contributed by atoms with Crippen molar-refractivity contribution in [3.8, 4) is 0 Å². The maximum absolute atomic E-state index is 13.4. The first-order valence-electron chi connectivity index (χ1n) is 11.9. The average Bonchev–Trinajstić information content (AvgIpc) is 2.82. The number of benzene rings is 3. The van der Waals surface area contributed by atoms with Gasteiger partial charge in [-0.05, 0) is 42.1 Å². The molecule has 0 aliphatic carbocycles. The molecule has 0 spiro atoms. The fourth-order valence-electron chi connectivity index (χ4n) is 4.39. The molecule has 172 valence electrons. The van der Waals surface area contributed by atoms with Crippen molar-refractivity contribution in [1.82, 2.24) is 4.90 Å². The van der Waals surface area contributed by atoms with Gasteiger partial charge in [0, 0.05) is 23.9 Å².